The van der Waals surface area contributed by atoms with E-state index in [9.17, 15) is 17.2 Å². The smallest absolute Gasteiger partial charge is 0.189 e. The van der Waals surface area contributed by atoms with Crippen molar-refractivity contribution in [1.82, 2.24) is 10.3 Å². The molecule has 0 aliphatic carbocycles. The molecular weight excluding hydrogens is 476 g/mol. The van der Waals surface area contributed by atoms with E-state index in [2.05, 4.69) is 27.8 Å². The number of sulfone groups is 1. The van der Waals surface area contributed by atoms with Gasteiger partial charge in [-0.15, -0.1) is 0 Å². The third kappa shape index (κ3) is 6.34. The number of nitrogens with zero attached hydrogens (tertiary/aromatic N) is 1. The molecule has 2 heterocycles. The number of halogens is 2. The standard InChI is InChI=1S/C20H18F2N2O2S2.C5H11N/c1-12-3-6-15(7-4-12)28(25,26)20(17-9-14(21)5-8-18(17)22)16-10-19(24-27)23-11-13(16)2;1-2-4-6-5-3-1/h3-11,20,27H,1-2H3,(H,23,24);6H,1-5H2. The topological polar surface area (TPSA) is 71.1 Å². The molecule has 4 rings (SSSR count). The molecule has 0 bridgehead atoms. The van der Waals surface area contributed by atoms with Crippen LogP contribution >= 0.6 is 12.8 Å². The van der Waals surface area contributed by atoms with Gasteiger partial charge in [0, 0.05) is 11.8 Å². The molecule has 1 aliphatic rings. The number of aromatic nitrogens is 1. The lowest BCUT2D eigenvalue weighted by Crippen LogP contribution is -2.21. The number of hydrogen-bond acceptors (Lipinski definition) is 6. The maximum absolute atomic E-state index is 14.7. The van der Waals surface area contributed by atoms with Crippen LogP contribution in [0, 0.1) is 25.5 Å². The normalized spacial score (nSPS) is 14.6. The summed E-state index contributed by atoms with van der Waals surface area (Å²) < 4.78 is 58.1. The fraction of sp³-hybridized carbons (Fsp3) is 0.320. The molecule has 9 heteroatoms. The monoisotopic (exact) mass is 505 g/mol. The number of hydrogen-bond donors (Lipinski definition) is 3. The Morgan fingerprint density at radius 1 is 0.971 bits per heavy atom. The third-order valence-corrected chi connectivity index (χ3v) is 7.94. The minimum absolute atomic E-state index is 0.0170. The molecule has 34 heavy (non-hydrogen) atoms. The molecule has 5 nitrogen and oxygen atoms in total. The first-order chi connectivity index (χ1) is 16.2. The number of benzene rings is 2. The lowest BCUT2D eigenvalue weighted by molar-refractivity contribution is 0.520. The maximum Gasteiger partial charge on any atom is 0.189 e. The van der Waals surface area contributed by atoms with E-state index >= 15 is 0 Å². The van der Waals surface area contributed by atoms with Gasteiger partial charge in [-0.1, -0.05) is 36.9 Å². The van der Waals surface area contributed by atoms with Crippen LogP contribution in [0.4, 0.5) is 14.6 Å². The lowest BCUT2D eigenvalue weighted by atomic mass is 10.0. The molecule has 2 aromatic carbocycles. The summed E-state index contributed by atoms with van der Waals surface area (Å²) in [7, 11) is -4.10. The molecular formula is C25H29F2N3O2S2. The highest BCUT2D eigenvalue weighted by molar-refractivity contribution is 7.92. The number of anilines is 1. The average Bonchev–Trinajstić information content (AvgIpc) is 2.84. The summed E-state index contributed by atoms with van der Waals surface area (Å²) in [6, 6.07) is 10.5. The van der Waals surface area contributed by atoms with Crippen molar-refractivity contribution < 1.29 is 17.2 Å². The molecule has 1 fully saturated rings. The minimum Gasteiger partial charge on any atom is -0.317 e. The van der Waals surface area contributed by atoms with Gasteiger partial charge in [-0.3, -0.25) is 0 Å². The van der Waals surface area contributed by atoms with Crippen LogP contribution in [0.25, 0.3) is 0 Å². The molecule has 1 aliphatic heterocycles. The van der Waals surface area contributed by atoms with Crippen molar-refractivity contribution >= 4 is 28.5 Å². The van der Waals surface area contributed by atoms with Gasteiger partial charge in [0.25, 0.3) is 0 Å². The van der Waals surface area contributed by atoms with E-state index < -0.39 is 26.7 Å². The van der Waals surface area contributed by atoms with E-state index in [1.807, 2.05) is 6.92 Å². The molecule has 0 saturated carbocycles. The first kappa shape index (κ1) is 26.1. The number of pyridine rings is 1. The van der Waals surface area contributed by atoms with E-state index in [1.165, 1.54) is 56.7 Å². The van der Waals surface area contributed by atoms with Gasteiger partial charge in [-0.05, 0) is 87.3 Å². The molecule has 1 saturated heterocycles. The summed E-state index contributed by atoms with van der Waals surface area (Å²) in [6.45, 7) is 6.00. The van der Waals surface area contributed by atoms with E-state index in [0.717, 1.165) is 23.8 Å². The Bertz CT molecular complexity index is 1200. The zero-order chi connectivity index (χ0) is 24.7. The molecule has 3 aromatic rings. The Morgan fingerprint density at radius 2 is 1.65 bits per heavy atom. The van der Waals surface area contributed by atoms with Crippen LogP contribution in [0.1, 0.15) is 46.8 Å². The summed E-state index contributed by atoms with van der Waals surface area (Å²) in [5.74, 6) is -1.23. The molecule has 1 unspecified atom stereocenters. The van der Waals surface area contributed by atoms with Crippen LogP contribution < -0.4 is 10.0 Å². The number of piperidine rings is 1. The molecule has 2 N–H and O–H groups in total. The van der Waals surface area contributed by atoms with Crippen molar-refractivity contribution in [3.63, 3.8) is 0 Å². The molecule has 1 atom stereocenters. The molecule has 0 spiro atoms. The highest BCUT2D eigenvalue weighted by atomic mass is 32.2. The Hall–Kier alpha value is -2.49. The summed E-state index contributed by atoms with van der Waals surface area (Å²) >= 11 is 3.94. The maximum atomic E-state index is 14.7. The van der Waals surface area contributed by atoms with Crippen molar-refractivity contribution in [2.75, 3.05) is 17.8 Å². The fourth-order valence-electron chi connectivity index (χ4n) is 3.77. The van der Waals surface area contributed by atoms with Crippen molar-refractivity contribution in [2.24, 2.45) is 0 Å². The first-order valence-electron chi connectivity index (χ1n) is 11.1. The number of thiol groups is 1. The van der Waals surface area contributed by atoms with Crippen molar-refractivity contribution in [1.29, 1.82) is 0 Å². The van der Waals surface area contributed by atoms with Crippen LogP contribution in [-0.2, 0) is 9.84 Å². The Kier molecular flexibility index (Phi) is 9.04. The van der Waals surface area contributed by atoms with Crippen LogP contribution in [0.15, 0.2) is 59.6 Å². The SMILES string of the molecule is C1CCNCC1.Cc1ccc(S(=O)(=O)C(c2cc(NS)ncc2C)c2cc(F)ccc2F)cc1. The van der Waals surface area contributed by atoms with Gasteiger partial charge in [0.1, 0.15) is 22.7 Å². The van der Waals surface area contributed by atoms with Gasteiger partial charge in [-0.2, -0.15) is 0 Å². The Balaban J connectivity index is 0.000000469. The summed E-state index contributed by atoms with van der Waals surface area (Å²) in [5, 5.41) is 1.84. The number of aryl methyl sites for hydroxylation is 2. The first-order valence-corrected chi connectivity index (χ1v) is 13.1. The predicted molar refractivity (Wildman–Crippen MR) is 135 cm³/mol. The largest absolute Gasteiger partial charge is 0.317 e. The van der Waals surface area contributed by atoms with Crippen molar-refractivity contribution in [2.45, 2.75) is 43.3 Å². The van der Waals surface area contributed by atoms with Crippen LogP contribution in [0.5, 0.6) is 0 Å². The molecule has 0 radical (unpaired) electrons. The molecule has 1 aromatic heterocycles. The second kappa shape index (κ2) is 11.8. The zero-order valence-electron chi connectivity index (χ0n) is 19.2. The Morgan fingerprint density at radius 3 is 2.21 bits per heavy atom. The van der Waals surface area contributed by atoms with Crippen LogP contribution in [0.2, 0.25) is 0 Å². The highest BCUT2D eigenvalue weighted by Crippen LogP contribution is 2.38. The fourth-order valence-corrected chi connectivity index (χ4v) is 5.78. The second-order valence-corrected chi connectivity index (χ2v) is 10.5. The number of nitrogens with one attached hydrogen (secondary N) is 2. The summed E-state index contributed by atoms with van der Waals surface area (Å²) in [6.07, 6.45) is 5.68. The van der Waals surface area contributed by atoms with Gasteiger partial charge in [0.05, 0.1) is 4.90 Å². The second-order valence-electron chi connectivity index (χ2n) is 8.25. The van der Waals surface area contributed by atoms with Gasteiger partial charge in [0.15, 0.2) is 9.84 Å². The molecule has 0 amide bonds. The summed E-state index contributed by atoms with van der Waals surface area (Å²) in [5.41, 5.74) is 1.43. The van der Waals surface area contributed by atoms with Gasteiger partial charge >= 0.3 is 0 Å². The van der Waals surface area contributed by atoms with E-state index in [4.69, 9.17) is 0 Å². The van der Waals surface area contributed by atoms with Gasteiger partial charge in [-0.25, -0.2) is 22.2 Å². The number of rotatable bonds is 5. The lowest BCUT2D eigenvalue weighted by Gasteiger charge is -2.22. The van der Waals surface area contributed by atoms with Gasteiger partial charge in [0.2, 0.25) is 0 Å². The quantitative estimate of drug-likeness (QED) is 0.396. The van der Waals surface area contributed by atoms with E-state index in [0.29, 0.717) is 11.4 Å². The zero-order valence-corrected chi connectivity index (χ0v) is 20.9. The summed E-state index contributed by atoms with van der Waals surface area (Å²) in [4.78, 5) is 4.11. The average molecular weight is 506 g/mol. The minimum atomic E-state index is -4.10. The van der Waals surface area contributed by atoms with Crippen molar-refractivity contribution in [3.05, 3.63) is 88.6 Å². The highest BCUT2D eigenvalue weighted by Gasteiger charge is 2.34. The van der Waals surface area contributed by atoms with E-state index in [1.54, 1.807) is 19.1 Å². The van der Waals surface area contributed by atoms with Gasteiger partial charge < -0.3 is 10.0 Å². The Labute approximate surface area is 205 Å². The van der Waals surface area contributed by atoms with Crippen LogP contribution in [0.3, 0.4) is 0 Å². The van der Waals surface area contributed by atoms with Crippen molar-refractivity contribution in [3.8, 4) is 0 Å². The third-order valence-electron chi connectivity index (χ3n) is 5.65. The van der Waals surface area contributed by atoms with E-state index in [-0.39, 0.29) is 16.0 Å². The van der Waals surface area contributed by atoms with Crippen LogP contribution in [-0.4, -0.2) is 26.5 Å². The predicted octanol–water partition coefficient (Wildman–Crippen LogP) is 5.56. The molecule has 182 valence electrons.